The molecule has 1 nitrogen and oxygen atoms in total. The van der Waals surface area contributed by atoms with Gasteiger partial charge in [-0.05, 0) is 12.1 Å². The largest absolute Gasteiger partial charge is 0.256 e. The van der Waals surface area contributed by atoms with Gasteiger partial charge in [0.2, 0.25) is 0 Å². The van der Waals surface area contributed by atoms with Gasteiger partial charge in [-0.1, -0.05) is 77.9 Å². The Morgan fingerprint density at radius 2 is 1.11 bits per heavy atom. The third-order valence-corrected chi connectivity index (χ3v) is 1.73. The van der Waals surface area contributed by atoms with Crippen LogP contribution in [0, 0.1) is 0 Å². The van der Waals surface area contributed by atoms with Gasteiger partial charge in [-0.3, -0.25) is 4.98 Å². The molecule has 0 aliphatic carbocycles. The molecule has 18 heavy (non-hydrogen) atoms. The molecule has 2 rings (SSSR count). The SMILES string of the molecule is CC.CC.CC.c1ccc(-c2ccccn2)cc1. The van der Waals surface area contributed by atoms with E-state index in [0.29, 0.717) is 0 Å². The Morgan fingerprint density at radius 3 is 1.56 bits per heavy atom. The Morgan fingerprint density at radius 1 is 0.611 bits per heavy atom. The zero-order chi connectivity index (χ0) is 14.2. The van der Waals surface area contributed by atoms with Gasteiger partial charge in [0, 0.05) is 11.8 Å². The van der Waals surface area contributed by atoms with E-state index in [2.05, 4.69) is 17.1 Å². The molecule has 1 aromatic heterocycles. The van der Waals surface area contributed by atoms with E-state index in [1.54, 1.807) is 0 Å². The van der Waals surface area contributed by atoms with Gasteiger partial charge < -0.3 is 0 Å². The lowest BCUT2D eigenvalue weighted by Crippen LogP contribution is -1.79. The van der Waals surface area contributed by atoms with Crippen molar-refractivity contribution in [1.82, 2.24) is 4.98 Å². The minimum Gasteiger partial charge on any atom is -0.256 e. The maximum Gasteiger partial charge on any atom is 0.0701 e. The summed E-state index contributed by atoms with van der Waals surface area (Å²) in [5.74, 6) is 0. The van der Waals surface area contributed by atoms with Gasteiger partial charge >= 0.3 is 0 Å². The molecule has 0 spiro atoms. The number of hydrogen-bond acceptors (Lipinski definition) is 1. The average molecular weight is 245 g/mol. The third kappa shape index (κ3) is 7.61. The molecule has 0 unspecified atom stereocenters. The summed E-state index contributed by atoms with van der Waals surface area (Å²) >= 11 is 0. The summed E-state index contributed by atoms with van der Waals surface area (Å²) < 4.78 is 0. The van der Waals surface area contributed by atoms with E-state index in [0.717, 1.165) is 11.3 Å². The quantitative estimate of drug-likeness (QED) is 0.616. The van der Waals surface area contributed by atoms with Crippen molar-refractivity contribution in [3.05, 3.63) is 54.7 Å². The van der Waals surface area contributed by atoms with Gasteiger partial charge in [-0.2, -0.15) is 0 Å². The number of hydrogen-bond donors (Lipinski definition) is 0. The average Bonchev–Trinajstić information content (AvgIpc) is 2.55. The smallest absolute Gasteiger partial charge is 0.0701 e. The van der Waals surface area contributed by atoms with E-state index in [-0.39, 0.29) is 0 Å². The molecule has 1 heterocycles. The molecule has 0 aliphatic heterocycles. The molecule has 1 heteroatoms. The highest BCUT2D eigenvalue weighted by atomic mass is 14.7. The van der Waals surface area contributed by atoms with Crippen molar-refractivity contribution in [2.45, 2.75) is 41.5 Å². The molecule has 0 saturated heterocycles. The fourth-order valence-electron chi connectivity index (χ4n) is 1.14. The van der Waals surface area contributed by atoms with Crippen LogP contribution in [0.3, 0.4) is 0 Å². The predicted octanol–water partition coefficient (Wildman–Crippen LogP) is 5.83. The van der Waals surface area contributed by atoms with Crippen LogP contribution in [0.5, 0.6) is 0 Å². The van der Waals surface area contributed by atoms with Crippen LogP contribution < -0.4 is 0 Å². The van der Waals surface area contributed by atoms with Crippen molar-refractivity contribution in [1.29, 1.82) is 0 Å². The number of nitrogens with zero attached hydrogens (tertiary/aromatic N) is 1. The lowest BCUT2D eigenvalue weighted by molar-refractivity contribution is 1.33. The first kappa shape index (κ1) is 18.7. The summed E-state index contributed by atoms with van der Waals surface area (Å²) in [5, 5.41) is 0. The standard InChI is InChI=1S/C11H9N.3C2H6/c1-2-6-10(7-3-1)11-8-4-5-9-12-11;3*1-2/h1-9H;3*1-2H3. The predicted molar refractivity (Wildman–Crippen MR) is 83.7 cm³/mol. The van der Waals surface area contributed by atoms with Crippen LogP contribution in [0.1, 0.15) is 41.5 Å². The van der Waals surface area contributed by atoms with Gasteiger partial charge in [0.15, 0.2) is 0 Å². The Hall–Kier alpha value is -1.63. The Labute approximate surface area is 113 Å². The Kier molecular flexibility index (Phi) is 16.0. The Bertz CT molecular complexity index is 303. The van der Waals surface area contributed by atoms with E-state index in [1.807, 2.05) is 84.1 Å². The van der Waals surface area contributed by atoms with Crippen LogP contribution in [0.15, 0.2) is 54.7 Å². The molecule has 2 aromatic rings. The van der Waals surface area contributed by atoms with Crippen LogP contribution >= 0.6 is 0 Å². The molecular formula is C17H27N. The minimum atomic E-state index is 1.03. The maximum absolute atomic E-state index is 4.25. The molecule has 0 radical (unpaired) electrons. The molecule has 0 atom stereocenters. The maximum atomic E-state index is 4.25. The van der Waals surface area contributed by atoms with Gasteiger partial charge in [-0.25, -0.2) is 0 Å². The van der Waals surface area contributed by atoms with Crippen LogP contribution in [-0.4, -0.2) is 4.98 Å². The van der Waals surface area contributed by atoms with Crippen LogP contribution in [0.4, 0.5) is 0 Å². The van der Waals surface area contributed by atoms with Crippen molar-refractivity contribution >= 4 is 0 Å². The van der Waals surface area contributed by atoms with Gasteiger partial charge in [-0.15, -0.1) is 0 Å². The van der Waals surface area contributed by atoms with E-state index in [1.165, 1.54) is 0 Å². The van der Waals surface area contributed by atoms with Crippen molar-refractivity contribution in [2.75, 3.05) is 0 Å². The molecule has 0 amide bonds. The first-order chi connectivity index (χ1) is 8.97. The summed E-state index contributed by atoms with van der Waals surface area (Å²) in [5.41, 5.74) is 2.19. The molecule has 0 bridgehead atoms. The Balaban J connectivity index is 0. The topological polar surface area (TPSA) is 12.9 Å². The van der Waals surface area contributed by atoms with Crippen molar-refractivity contribution in [2.24, 2.45) is 0 Å². The summed E-state index contributed by atoms with van der Waals surface area (Å²) in [6, 6.07) is 16.1. The summed E-state index contributed by atoms with van der Waals surface area (Å²) in [7, 11) is 0. The lowest BCUT2D eigenvalue weighted by atomic mass is 10.1. The zero-order valence-corrected chi connectivity index (χ0v) is 12.6. The highest BCUT2D eigenvalue weighted by Crippen LogP contribution is 2.14. The summed E-state index contributed by atoms with van der Waals surface area (Å²) in [6.07, 6.45) is 1.81. The fourth-order valence-corrected chi connectivity index (χ4v) is 1.14. The highest BCUT2D eigenvalue weighted by molar-refractivity contribution is 5.58. The second kappa shape index (κ2) is 15.4. The number of aromatic nitrogens is 1. The van der Waals surface area contributed by atoms with Crippen molar-refractivity contribution in [3.8, 4) is 11.3 Å². The number of rotatable bonds is 1. The molecule has 0 aliphatic rings. The van der Waals surface area contributed by atoms with E-state index in [9.17, 15) is 0 Å². The zero-order valence-electron chi connectivity index (χ0n) is 12.6. The molecule has 1 aromatic carbocycles. The molecule has 0 fully saturated rings. The summed E-state index contributed by atoms with van der Waals surface area (Å²) in [4.78, 5) is 4.25. The van der Waals surface area contributed by atoms with Crippen LogP contribution in [0.25, 0.3) is 11.3 Å². The lowest BCUT2D eigenvalue weighted by Gasteiger charge is -1.97. The van der Waals surface area contributed by atoms with Crippen molar-refractivity contribution in [3.63, 3.8) is 0 Å². The fraction of sp³-hybridized carbons (Fsp3) is 0.353. The van der Waals surface area contributed by atoms with Crippen molar-refractivity contribution < 1.29 is 0 Å². The highest BCUT2D eigenvalue weighted by Gasteiger charge is 1.93. The number of benzene rings is 1. The first-order valence-electron chi connectivity index (χ1n) is 6.93. The van der Waals surface area contributed by atoms with Gasteiger partial charge in [0.05, 0.1) is 5.69 Å². The normalized spacial score (nSPS) is 7.44. The summed E-state index contributed by atoms with van der Waals surface area (Å²) in [6.45, 7) is 12.0. The van der Waals surface area contributed by atoms with Crippen LogP contribution in [-0.2, 0) is 0 Å². The molecular weight excluding hydrogens is 218 g/mol. The van der Waals surface area contributed by atoms with Gasteiger partial charge in [0.25, 0.3) is 0 Å². The first-order valence-corrected chi connectivity index (χ1v) is 6.93. The molecule has 100 valence electrons. The second-order valence-electron chi connectivity index (χ2n) is 2.58. The minimum absolute atomic E-state index is 1.03. The van der Waals surface area contributed by atoms with E-state index < -0.39 is 0 Å². The van der Waals surface area contributed by atoms with E-state index >= 15 is 0 Å². The second-order valence-corrected chi connectivity index (χ2v) is 2.58. The molecule has 0 N–H and O–H groups in total. The van der Waals surface area contributed by atoms with Gasteiger partial charge in [0.1, 0.15) is 0 Å². The van der Waals surface area contributed by atoms with Crippen LogP contribution in [0.2, 0.25) is 0 Å². The monoisotopic (exact) mass is 245 g/mol. The molecule has 0 saturated carbocycles. The number of pyridine rings is 1. The third-order valence-electron chi connectivity index (χ3n) is 1.73. The van der Waals surface area contributed by atoms with E-state index in [4.69, 9.17) is 0 Å².